The average Bonchev–Trinajstić information content (AvgIpc) is 2.54. The Morgan fingerprint density at radius 2 is 1.91 bits per heavy atom. The van der Waals surface area contributed by atoms with E-state index in [4.69, 9.17) is 21.1 Å². The second kappa shape index (κ2) is 7.18. The summed E-state index contributed by atoms with van der Waals surface area (Å²) in [5.41, 5.74) is 2.31. The van der Waals surface area contributed by atoms with Gasteiger partial charge in [0.05, 0.1) is 24.8 Å². The van der Waals surface area contributed by atoms with Crippen molar-refractivity contribution in [3.63, 3.8) is 0 Å². The molecule has 0 saturated carbocycles. The van der Waals surface area contributed by atoms with Crippen LogP contribution in [-0.4, -0.2) is 20.1 Å². The van der Waals surface area contributed by atoms with Gasteiger partial charge in [-0.15, -0.1) is 0 Å². The fourth-order valence-corrected chi connectivity index (χ4v) is 2.29. The molecule has 0 aromatic heterocycles. The molecule has 0 atom stereocenters. The van der Waals surface area contributed by atoms with Crippen molar-refractivity contribution in [2.75, 3.05) is 14.2 Å². The van der Waals surface area contributed by atoms with Crippen LogP contribution in [0.5, 0.6) is 11.5 Å². The first kappa shape index (κ1) is 16.2. The van der Waals surface area contributed by atoms with Gasteiger partial charge in [0.15, 0.2) is 0 Å². The fourth-order valence-electron chi connectivity index (χ4n) is 2.08. The summed E-state index contributed by atoms with van der Waals surface area (Å²) in [5, 5.41) is 3.29. The minimum Gasteiger partial charge on any atom is -0.497 e. The molecule has 0 heterocycles. The summed E-state index contributed by atoms with van der Waals surface area (Å²) < 4.78 is 10.5. The lowest BCUT2D eigenvalue weighted by Crippen LogP contribution is -2.23. The Hall–Kier alpha value is -2.20. The molecule has 2 rings (SSSR count). The second-order valence-electron chi connectivity index (χ2n) is 4.84. The summed E-state index contributed by atoms with van der Waals surface area (Å²) in [6, 6.07) is 10.8. The van der Waals surface area contributed by atoms with Gasteiger partial charge in [0, 0.05) is 18.2 Å². The van der Waals surface area contributed by atoms with Crippen LogP contribution in [0.4, 0.5) is 0 Å². The average molecular weight is 320 g/mol. The van der Waals surface area contributed by atoms with Crippen LogP contribution >= 0.6 is 11.6 Å². The highest BCUT2D eigenvalue weighted by atomic mass is 35.5. The zero-order valence-electron chi connectivity index (χ0n) is 12.8. The molecule has 0 saturated heterocycles. The highest BCUT2D eigenvalue weighted by molar-refractivity contribution is 6.33. The van der Waals surface area contributed by atoms with E-state index in [9.17, 15) is 4.79 Å². The smallest absolute Gasteiger partial charge is 0.253 e. The summed E-state index contributed by atoms with van der Waals surface area (Å²) in [6.45, 7) is 2.26. The van der Waals surface area contributed by atoms with Crippen LogP contribution in [0, 0.1) is 6.92 Å². The van der Waals surface area contributed by atoms with Gasteiger partial charge in [-0.05, 0) is 31.2 Å². The molecule has 2 aromatic rings. The largest absolute Gasteiger partial charge is 0.497 e. The predicted molar refractivity (Wildman–Crippen MR) is 86.9 cm³/mol. The van der Waals surface area contributed by atoms with Crippen molar-refractivity contribution in [3.05, 3.63) is 58.1 Å². The molecule has 116 valence electrons. The summed E-state index contributed by atoms with van der Waals surface area (Å²) in [7, 11) is 3.17. The van der Waals surface area contributed by atoms with Crippen molar-refractivity contribution in [2.24, 2.45) is 0 Å². The minimum atomic E-state index is -0.216. The topological polar surface area (TPSA) is 47.6 Å². The zero-order chi connectivity index (χ0) is 16.1. The summed E-state index contributed by atoms with van der Waals surface area (Å²) in [5.74, 6) is 1.15. The number of aryl methyl sites for hydroxylation is 1. The van der Waals surface area contributed by atoms with E-state index in [0.717, 1.165) is 11.1 Å². The van der Waals surface area contributed by atoms with Gasteiger partial charge in [-0.3, -0.25) is 4.79 Å². The normalized spacial score (nSPS) is 10.2. The van der Waals surface area contributed by atoms with Crippen molar-refractivity contribution in [3.8, 4) is 11.5 Å². The number of hydrogen-bond donors (Lipinski definition) is 1. The minimum absolute atomic E-state index is 0.216. The van der Waals surface area contributed by atoms with Crippen molar-refractivity contribution in [1.82, 2.24) is 5.32 Å². The number of ether oxygens (including phenoxy) is 2. The molecule has 0 unspecified atom stereocenters. The molecule has 0 aliphatic heterocycles. The van der Waals surface area contributed by atoms with E-state index in [-0.39, 0.29) is 5.91 Å². The van der Waals surface area contributed by atoms with E-state index >= 15 is 0 Å². The number of carbonyl (C=O) groups excluding carboxylic acids is 1. The number of methoxy groups -OCH3 is 2. The Labute approximate surface area is 135 Å². The summed E-state index contributed by atoms with van der Waals surface area (Å²) in [6.07, 6.45) is 0. The van der Waals surface area contributed by atoms with Crippen molar-refractivity contribution < 1.29 is 14.3 Å². The Morgan fingerprint density at radius 1 is 1.14 bits per heavy atom. The molecule has 22 heavy (non-hydrogen) atoms. The van der Waals surface area contributed by atoms with Gasteiger partial charge >= 0.3 is 0 Å². The number of amides is 1. The van der Waals surface area contributed by atoms with E-state index in [2.05, 4.69) is 5.32 Å². The quantitative estimate of drug-likeness (QED) is 0.916. The van der Waals surface area contributed by atoms with Gasteiger partial charge in [0.25, 0.3) is 5.91 Å². The first-order valence-corrected chi connectivity index (χ1v) is 7.18. The molecule has 1 N–H and O–H groups in total. The number of nitrogens with one attached hydrogen (secondary N) is 1. The highest BCUT2D eigenvalue weighted by Gasteiger charge is 2.12. The van der Waals surface area contributed by atoms with Crippen molar-refractivity contribution in [1.29, 1.82) is 0 Å². The van der Waals surface area contributed by atoms with E-state index in [1.807, 2.05) is 25.1 Å². The third-order valence-corrected chi connectivity index (χ3v) is 3.63. The third kappa shape index (κ3) is 3.71. The van der Waals surface area contributed by atoms with Crippen LogP contribution in [0.2, 0.25) is 5.02 Å². The standard InChI is InChI=1S/C17H18ClNO3/c1-11-4-7-15(18)14(8-11)17(20)19-10-12-5-6-13(21-2)9-16(12)22-3/h4-9H,10H2,1-3H3,(H,19,20). The highest BCUT2D eigenvalue weighted by Crippen LogP contribution is 2.24. The maximum absolute atomic E-state index is 12.3. The molecule has 5 heteroatoms. The lowest BCUT2D eigenvalue weighted by Gasteiger charge is -2.12. The van der Waals surface area contributed by atoms with Gasteiger partial charge in [-0.25, -0.2) is 0 Å². The Balaban J connectivity index is 2.12. The van der Waals surface area contributed by atoms with E-state index < -0.39 is 0 Å². The molecule has 4 nitrogen and oxygen atoms in total. The van der Waals surface area contributed by atoms with Crippen LogP contribution < -0.4 is 14.8 Å². The van der Waals surface area contributed by atoms with E-state index in [1.54, 1.807) is 32.4 Å². The third-order valence-electron chi connectivity index (χ3n) is 3.30. The Bertz CT molecular complexity index is 686. The van der Waals surface area contributed by atoms with Gasteiger partial charge in [-0.2, -0.15) is 0 Å². The molecular weight excluding hydrogens is 302 g/mol. The Morgan fingerprint density at radius 3 is 2.59 bits per heavy atom. The maximum Gasteiger partial charge on any atom is 0.253 e. The van der Waals surface area contributed by atoms with Crippen molar-refractivity contribution >= 4 is 17.5 Å². The van der Waals surface area contributed by atoms with Crippen LogP contribution in [-0.2, 0) is 6.54 Å². The first-order chi connectivity index (χ1) is 10.5. The van der Waals surface area contributed by atoms with Gasteiger partial charge in [0.2, 0.25) is 0 Å². The Kier molecular flexibility index (Phi) is 5.28. The first-order valence-electron chi connectivity index (χ1n) is 6.80. The van der Waals surface area contributed by atoms with Crippen LogP contribution in [0.25, 0.3) is 0 Å². The van der Waals surface area contributed by atoms with Crippen molar-refractivity contribution in [2.45, 2.75) is 13.5 Å². The number of benzene rings is 2. The van der Waals surface area contributed by atoms with Gasteiger partial charge in [0.1, 0.15) is 11.5 Å². The molecule has 0 aliphatic carbocycles. The monoisotopic (exact) mass is 319 g/mol. The van der Waals surface area contributed by atoms with E-state index in [0.29, 0.717) is 28.6 Å². The lowest BCUT2D eigenvalue weighted by atomic mass is 10.1. The van der Waals surface area contributed by atoms with Crippen LogP contribution in [0.3, 0.4) is 0 Å². The van der Waals surface area contributed by atoms with Gasteiger partial charge in [-0.1, -0.05) is 23.2 Å². The molecule has 0 aliphatic rings. The fraction of sp³-hybridized carbons (Fsp3) is 0.235. The zero-order valence-corrected chi connectivity index (χ0v) is 13.5. The molecule has 0 radical (unpaired) electrons. The predicted octanol–water partition coefficient (Wildman–Crippen LogP) is 3.60. The molecule has 0 bridgehead atoms. The lowest BCUT2D eigenvalue weighted by molar-refractivity contribution is 0.0950. The van der Waals surface area contributed by atoms with Crippen LogP contribution in [0.15, 0.2) is 36.4 Å². The summed E-state index contributed by atoms with van der Waals surface area (Å²) in [4.78, 5) is 12.3. The molecule has 2 aromatic carbocycles. The summed E-state index contributed by atoms with van der Waals surface area (Å²) >= 11 is 6.07. The van der Waals surface area contributed by atoms with E-state index in [1.165, 1.54) is 0 Å². The second-order valence-corrected chi connectivity index (χ2v) is 5.25. The SMILES string of the molecule is COc1ccc(CNC(=O)c2cc(C)ccc2Cl)c(OC)c1. The number of halogens is 1. The number of carbonyl (C=O) groups is 1. The van der Waals surface area contributed by atoms with Crippen LogP contribution in [0.1, 0.15) is 21.5 Å². The number of rotatable bonds is 5. The molecule has 0 spiro atoms. The number of hydrogen-bond acceptors (Lipinski definition) is 3. The molecule has 1 amide bonds. The maximum atomic E-state index is 12.3. The molecule has 0 fully saturated rings. The van der Waals surface area contributed by atoms with Gasteiger partial charge < -0.3 is 14.8 Å². The molecular formula is C17H18ClNO3.